The van der Waals surface area contributed by atoms with E-state index < -0.39 is 44.4 Å². The summed E-state index contributed by atoms with van der Waals surface area (Å²) in [6.45, 7) is -0.271. The molecule has 0 aliphatic carbocycles. The number of amides is 2. The van der Waals surface area contributed by atoms with Crippen LogP contribution in [-0.4, -0.2) is 14.4 Å². The molecule has 28 heavy (non-hydrogen) atoms. The maximum absolute atomic E-state index is 12.5. The molecule has 2 amide bonds. The molecule has 2 aromatic rings. The first kappa shape index (κ1) is 21.5. The topological polar surface area (TPSA) is 75.3 Å². The average Bonchev–Trinajstić information content (AvgIpc) is 2.58. The number of hydrogen-bond acceptors (Lipinski definition) is 3. The van der Waals surface area contributed by atoms with Crippen LogP contribution < -0.4 is 10.0 Å². The van der Waals surface area contributed by atoms with Crippen molar-refractivity contribution in [3.63, 3.8) is 0 Å². The number of sulfonamides is 1. The fraction of sp³-hybridized carbons (Fsp3) is 0.188. The third-order valence-corrected chi connectivity index (χ3v) is 4.80. The van der Waals surface area contributed by atoms with Crippen molar-refractivity contribution in [1.29, 1.82) is 0 Å². The van der Waals surface area contributed by atoms with Gasteiger partial charge in [0.25, 0.3) is 10.0 Å². The summed E-state index contributed by atoms with van der Waals surface area (Å²) in [5.41, 5.74) is -1.67. The van der Waals surface area contributed by atoms with Crippen LogP contribution in [0.2, 0.25) is 0 Å². The van der Waals surface area contributed by atoms with Gasteiger partial charge in [-0.2, -0.15) is 26.3 Å². The molecule has 0 fully saturated rings. The normalized spacial score (nSPS) is 12.5. The highest BCUT2D eigenvalue weighted by atomic mass is 32.2. The van der Waals surface area contributed by atoms with Gasteiger partial charge in [0.15, 0.2) is 0 Å². The minimum atomic E-state index is -4.64. The summed E-state index contributed by atoms with van der Waals surface area (Å²) >= 11 is 0. The summed E-state index contributed by atoms with van der Waals surface area (Å²) in [7, 11) is -4.43. The van der Waals surface area contributed by atoms with Crippen LogP contribution in [0.4, 0.5) is 31.1 Å². The van der Waals surface area contributed by atoms with Crippen molar-refractivity contribution < 1.29 is 39.6 Å². The first-order valence-corrected chi connectivity index (χ1v) is 8.91. The highest BCUT2D eigenvalue weighted by Crippen LogP contribution is 2.30. The quantitative estimate of drug-likeness (QED) is 0.728. The van der Waals surface area contributed by atoms with Gasteiger partial charge in [-0.05, 0) is 42.0 Å². The molecule has 2 rings (SSSR count). The number of nitrogens with one attached hydrogen (secondary N) is 2. The van der Waals surface area contributed by atoms with Crippen LogP contribution >= 0.6 is 0 Å². The van der Waals surface area contributed by atoms with Crippen LogP contribution in [0.15, 0.2) is 53.4 Å². The van der Waals surface area contributed by atoms with E-state index in [9.17, 15) is 39.6 Å². The number of urea groups is 1. The lowest BCUT2D eigenvalue weighted by atomic mass is 10.1. The Morgan fingerprint density at radius 2 is 1.21 bits per heavy atom. The zero-order chi connectivity index (χ0) is 21.2. The first-order valence-electron chi connectivity index (χ1n) is 7.43. The van der Waals surface area contributed by atoms with Crippen molar-refractivity contribution in [2.45, 2.75) is 23.8 Å². The lowest BCUT2D eigenvalue weighted by Gasteiger charge is -2.11. The molecule has 152 valence electrons. The van der Waals surface area contributed by atoms with Crippen LogP contribution in [0.1, 0.15) is 16.7 Å². The molecule has 5 nitrogen and oxygen atoms in total. The highest BCUT2D eigenvalue weighted by Gasteiger charge is 2.31. The van der Waals surface area contributed by atoms with Gasteiger partial charge in [0, 0.05) is 6.54 Å². The largest absolute Gasteiger partial charge is 0.416 e. The second-order valence-corrected chi connectivity index (χ2v) is 7.19. The zero-order valence-corrected chi connectivity index (χ0v) is 14.5. The number of rotatable bonds is 4. The van der Waals surface area contributed by atoms with Crippen LogP contribution in [0, 0.1) is 0 Å². The average molecular weight is 426 g/mol. The molecular formula is C16H12F6N2O3S. The Kier molecular flexibility index (Phi) is 5.92. The molecule has 0 radical (unpaired) electrons. The van der Waals surface area contributed by atoms with E-state index >= 15 is 0 Å². The standard InChI is InChI=1S/C16H12F6N2O3S/c17-15(18,19)11-3-1-10(2-4-11)9-23-14(25)24-28(26,27)13-7-5-12(6-8-13)16(20,21)22/h1-8H,9H2,(H2,23,24,25). The second-order valence-electron chi connectivity index (χ2n) is 5.50. The molecule has 0 aromatic heterocycles. The molecule has 0 aliphatic heterocycles. The minimum Gasteiger partial charge on any atom is -0.333 e. The first-order chi connectivity index (χ1) is 12.8. The highest BCUT2D eigenvalue weighted by molar-refractivity contribution is 7.90. The van der Waals surface area contributed by atoms with Crippen molar-refractivity contribution in [1.82, 2.24) is 10.0 Å². The molecular weight excluding hydrogens is 414 g/mol. The molecule has 0 bridgehead atoms. The zero-order valence-electron chi connectivity index (χ0n) is 13.7. The molecule has 12 heteroatoms. The molecule has 0 spiro atoms. The smallest absolute Gasteiger partial charge is 0.333 e. The maximum atomic E-state index is 12.5. The van der Waals surface area contributed by atoms with E-state index in [0.717, 1.165) is 24.3 Å². The Morgan fingerprint density at radius 1 is 0.786 bits per heavy atom. The monoisotopic (exact) mass is 426 g/mol. The molecule has 0 heterocycles. The van der Waals surface area contributed by atoms with E-state index in [0.29, 0.717) is 24.3 Å². The van der Waals surface area contributed by atoms with Crippen molar-refractivity contribution >= 4 is 16.1 Å². The van der Waals surface area contributed by atoms with E-state index in [4.69, 9.17) is 0 Å². The summed E-state index contributed by atoms with van der Waals surface area (Å²) < 4.78 is 100. The Hall–Kier alpha value is -2.76. The van der Waals surface area contributed by atoms with Crippen molar-refractivity contribution in [3.05, 3.63) is 65.2 Å². The molecule has 0 saturated carbocycles. The number of hydrogen-bond donors (Lipinski definition) is 2. The van der Waals surface area contributed by atoms with Gasteiger partial charge < -0.3 is 5.32 Å². The molecule has 2 aromatic carbocycles. The fourth-order valence-corrected chi connectivity index (χ4v) is 2.96. The number of carbonyl (C=O) groups is 1. The third kappa shape index (κ3) is 5.62. The summed E-state index contributed by atoms with van der Waals surface area (Å²) in [4.78, 5) is 11.1. The summed E-state index contributed by atoms with van der Waals surface area (Å²) in [5.74, 6) is 0. The van der Waals surface area contributed by atoms with Gasteiger partial charge in [-0.3, -0.25) is 0 Å². The van der Waals surface area contributed by atoms with Crippen LogP contribution in [0.25, 0.3) is 0 Å². The number of carbonyl (C=O) groups excluding carboxylic acids is 1. The van der Waals surface area contributed by atoms with Gasteiger partial charge in [0.05, 0.1) is 16.0 Å². The Bertz CT molecular complexity index is 936. The summed E-state index contributed by atoms with van der Waals surface area (Å²) in [6.07, 6.45) is -9.16. The van der Waals surface area contributed by atoms with Crippen molar-refractivity contribution in [3.8, 4) is 0 Å². The molecule has 0 saturated heterocycles. The molecule has 0 unspecified atom stereocenters. The lowest BCUT2D eigenvalue weighted by Crippen LogP contribution is -2.39. The molecule has 2 N–H and O–H groups in total. The Balaban J connectivity index is 1.98. The summed E-state index contributed by atoms with van der Waals surface area (Å²) in [5, 5.41) is 2.13. The predicted molar refractivity (Wildman–Crippen MR) is 85.4 cm³/mol. The van der Waals surface area contributed by atoms with E-state index in [2.05, 4.69) is 5.32 Å². The van der Waals surface area contributed by atoms with Crippen molar-refractivity contribution in [2.24, 2.45) is 0 Å². The maximum Gasteiger partial charge on any atom is 0.416 e. The van der Waals surface area contributed by atoms with Gasteiger partial charge in [-0.1, -0.05) is 12.1 Å². The van der Waals surface area contributed by atoms with E-state index in [-0.39, 0.29) is 12.1 Å². The fourth-order valence-electron chi connectivity index (χ4n) is 2.03. The molecule has 0 aliphatic rings. The van der Waals surface area contributed by atoms with Gasteiger partial charge in [-0.15, -0.1) is 0 Å². The van der Waals surface area contributed by atoms with Crippen LogP contribution in [0.3, 0.4) is 0 Å². The van der Waals surface area contributed by atoms with Gasteiger partial charge in [-0.25, -0.2) is 17.9 Å². The Morgan fingerprint density at radius 3 is 1.64 bits per heavy atom. The number of halogens is 6. The van der Waals surface area contributed by atoms with E-state index in [1.54, 1.807) is 4.72 Å². The van der Waals surface area contributed by atoms with Gasteiger partial charge >= 0.3 is 18.4 Å². The van der Waals surface area contributed by atoms with Crippen molar-refractivity contribution in [2.75, 3.05) is 0 Å². The van der Waals surface area contributed by atoms with Crippen LogP contribution in [0.5, 0.6) is 0 Å². The van der Waals surface area contributed by atoms with E-state index in [1.165, 1.54) is 0 Å². The SMILES string of the molecule is O=C(NCc1ccc(C(F)(F)F)cc1)NS(=O)(=O)c1ccc(C(F)(F)F)cc1. The summed E-state index contributed by atoms with van der Waals surface area (Å²) in [6, 6.07) is 5.09. The molecule has 0 atom stereocenters. The van der Waals surface area contributed by atoms with Crippen LogP contribution in [-0.2, 0) is 28.9 Å². The minimum absolute atomic E-state index is 0.271. The second kappa shape index (κ2) is 7.70. The Labute approximate surface area is 155 Å². The lowest BCUT2D eigenvalue weighted by molar-refractivity contribution is -0.138. The third-order valence-electron chi connectivity index (χ3n) is 3.45. The number of benzene rings is 2. The van der Waals surface area contributed by atoms with Gasteiger partial charge in [0.2, 0.25) is 0 Å². The predicted octanol–water partition coefficient (Wildman–Crippen LogP) is 3.91. The van der Waals surface area contributed by atoms with E-state index in [1.807, 2.05) is 0 Å². The number of alkyl halides is 6. The van der Waals surface area contributed by atoms with Gasteiger partial charge in [0.1, 0.15) is 0 Å².